The lowest BCUT2D eigenvalue weighted by atomic mass is 9.68. The van der Waals surface area contributed by atoms with Crippen LogP contribution in [0.3, 0.4) is 0 Å². The molecular weight excluding hydrogens is 548 g/mol. The summed E-state index contributed by atoms with van der Waals surface area (Å²) in [7, 11) is 3.81. The zero-order chi connectivity index (χ0) is 30.1. The molecule has 1 spiro atoms. The molecule has 1 amide bonds. The van der Waals surface area contributed by atoms with Crippen molar-refractivity contribution in [3.63, 3.8) is 0 Å². The average molecular weight is 593 g/mol. The zero-order valence-corrected chi connectivity index (χ0v) is 25.2. The number of nitrogens with zero attached hydrogens (tertiary/aromatic N) is 4. The highest BCUT2D eigenvalue weighted by Crippen LogP contribution is 2.48. The van der Waals surface area contributed by atoms with Crippen molar-refractivity contribution in [2.45, 2.75) is 80.9 Å². The maximum Gasteiger partial charge on any atom is 0.246 e. The Morgan fingerprint density at radius 1 is 1.23 bits per heavy atom. The van der Waals surface area contributed by atoms with Gasteiger partial charge in [-0.2, -0.15) is 5.26 Å². The van der Waals surface area contributed by atoms with Gasteiger partial charge in [0.05, 0.1) is 43.5 Å². The van der Waals surface area contributed by atoms with E-state index in [1.165, 1.54) is 6.08 Å². The Balaban J connectivity index is 1.26. The van der Waals surface area contributed by atoms with Crippen LogP contribution in [-0.4, -0.2) is 110 Å². The lowest BCUT2D eigenvalue weighted by molar-refractivity contribution is -0.165. The molecule has 4 fully saturated rings. The number of rotatable bonds is 7. The number of carbonyl (C=O) groups excluding carboxylic acids is 2. The van der Waals surface area contributed by atoms with Gasteiger partial charge in [-0.25, -0.2) is 0 Å². The third-order valence-electron chi connectivity index (χ3n) is 10.3. The molecule has 0 radical (unpaired) electrons. The molecule has 1 aliphatic carbocycles. The predicted octanol–water partition coefficient (Wildman–Crippen LogP) is 1.77. The largest absolute Gasteiger partial charge is 0.479 e. The number of nitriles is 1. The highest BCUT2D eigenvalue weighted by Gasteiger charge is 2.58. The first-order valence-corrected chi connectivity index (χ1v) is 15.6. The molecule has 8 atom stereocenters. The van der Waals surface area contributed by atoms with Gasteiger partial charge in [0, 0.05) is 50.7 Å². The number of nitrogens with one attached hydrogen (secondary N) is 2. The van der Waals surface area contributed by atoms with Gasteiger partial charge in [0.25, 0.3) is 0 Å². The van der Waals surface area contributed by atoms with Gasteiger partial charge in [-0.05, 0) is 51.4 Å². The summed E-state index contributed by atoms with van der Waals surface area (Å²) in [4.78, 5) is 33.5. The van der Waals surface area contributed by atoms with Crippen molar-refractivity contribution in [3.8, 4) is 11.8 Å². The Kier molecular flexibility index (Phi) is 8.87. The minimum atomic E-state index is -0.986. The molecule has 11 heteroatoms. The summed E-state index contributed by atoms with van der Waals surface area (Å²) in [6.45, 7) is 6.90. The number of piperazine rings is 1. The van der Waals surface area contributed by atoms with Gasteiger partial charge < -0.3 is 24.0 Å². The second-order valence-electron chi connectivity index (χ2n) is 12.6. The molecule has 0 aromatic heterocycles. The van der Waals surface area contributed by atoms with Crippen LogP contribution in [0.5, 0.6) is 5.75 Å². The minimum Gasteiger partial charge on any atom is -0.479 e. The Labute approximate surface area is 254 Å². The maximum absolute atomic E-state index is 14.6. The molecule has 7 unspecified atom stereocenters. The SMILES string of the molecule is C=CC(=O)N1CCN(C2NC(OCC3CCCN3C)NC3C(=O)[C@]4(CCC32)CC(OC)c2ccccc2O4)CC1CC#N. The molecule has 4 heterocycles. The van der Waals surface area contributed by atoms with Crippen LogP contribution in [0, 0.1) is 17.2 Å². The van der Waals surface area contributed by atoms with Gasteiger partial charge in [0.2, 0.25) is 5.91 Å². The third kappa shape index (κ3) is 5.72. The van der Waals surface area contributed by atoms with E-state index in [4.69, 9.17) is 14.2 Å². The Bertz CT molecular complexity index is 1250. The van der Waals surface area contributed by atoms with E-state index in [9.17, 15) is 14.9 Å². The average Bonchev–Trinajstić information content (AvgIpc) is 3.45. The standard InChI is InChI=1S/C32H44N6O5/c1-4-27(39)38-17-16-37(19-21(38)12-14-33)30-24-11-13-32(18-26(41-3)23-9-5-6-10-25(23)43-32)29(40)28(24)34-31(35-30)42-20-22-8-7-15-36(22)2/h4-6,9-10,21-22,24,26,28,30-31,34-35H,1,7-8,11-13,15-20H2,2-3H3/t21?,22?,24?,26?,28?,30?,31?,32-/m0/s1. The molecular formula is C32H44N6O5. The number of benzene rings is 1. The Morgan fingerprint density at radius 3 is 2.81 bits per heavy atom. The molecule has 5 aliphatic rings. The van der Waals surface area contributed by atoms with Crippen LogP contribution in [0.2, 0.25) is 0 Å². The van der Waals surface area contributed by atoms with E-state index in [2.05, 4.69) is 40.1 Å². The summed E-state index contributed by atoms with van der Waals surface area (Å²) in [5.74, 6) is 0.540. The summed E-state index contributed by atoms with van der Waals surface area (Å²) in [5, 5.41) is 16.8. The van der Waals surface area contributed by atoms with Gasteiger partial charge >= 0.3 is 0 Å². The molecule has 1 saturated carbocycles. The van der Waals surface area contributed by atoms with Crippen LogP contribution in [0.25, 0.3) is 0 Å². The van der Waals surface area contributed by atoms with Crippen molar-refractivity contribution in [3.05, 3.63) is 42.5 Å². The van der Waals surface area contributed by atoms with E-state index in [0.29, 0.717) is 50.9 Å². The summed E-state index contributed by atoms with van der Waals surface area (Å²) in [6.07, 6.45) is 4.66. The summed E-state index contributed by atoms with van der Waals surface area (Å²) in [6, 6.07) is 9.67. The number of hydrogen-bond acceptors (Lipinski definition) is 10. The van der Waals surface area contributed by atoms with Crippen molar-refractivity contribution in [2.75, 3.05) is 46.9 Å². The van der Waals surface area contributed by atoms with Gasteiger partial charge in [0.15, 0.2) is 17.7 Å². The van der Waals surface area contributed by atoms with E-state index >= 15 is 0 Å². The second kappa shape index (κ2) is 12.6. The normalized spacial score (nSPS) is 36.4. The van der Waals surface area contributed by atoms with Crippen molar-refractivity contribution >= 4 is 11.7 Å². The third-order valence-corrected chi connectivity index (χ3v) is 10.3. The van der Waals surface area contributed by atoms with Crippen molar-refractivity contribution < 1.29 is 23.8 Å². The van der Waals surface area contributed by atoms with E-state index in [-0.39, 0.29) is 42.3 Å². The molecule has 4 aliphatic heterocycles. The summed E-state index contributed by atoms with van der Waals surface area (Å²) >= 11 is 0. The van der Waals surface area contributed by atoms with E-state index in [0.717, 1.165) is 31.4 Å². The predicted molar refractivity (Wildman–Crippen MR) is 159 cm³/mol. The van der Waals surface area contributed by atoms with Crippen LogP contribution in [-0.2, 0) is 19.1 Å². The molecule has 43 heavy (non-hydrogen) atoms. The first kappa shape index (κ1) is 30.2. The quantitative estimate of drug-likeness (QED) is 0.454. The number of hydrogen-bond donors (Lipinski definition) is 2. The van der Waals surface area contributed by atoms with Crippen LogP contribution in [0.1, 0.15) is 50.2 Å². The zero-order valence-electron chi connectivity index (χ0n) is 25.2. The number of fused-ring (bicyclic) bond motifs is 2. The highest BCUT2D eigenvalue weighted by molar-refractivity contribution is 5.94. The van der Waals surface area contributed by atoms with Gasteiger partial charge in [-0.3, -0.25) is 25.1 Å². The van der Waals surface area contributed by atoms with Crippen LogP contribution < -0.4 is 15.4 Å². The molecule has 11 nitrogen and oxygen atoms in total. The fourth-order valence-electron chi connectivity index (χ4n) is 7.90. The Hall–Kier alpha value is -2.85. The fraction of sp³-hybridized carbons (Fsp3) is 0.656. The van der Waals surface area contributed by atoms with E-state index < -0.39 is 18.0 Å². The summed E-state index contributed by atoms with van der Waals surface area (Å²) < 4.78 is 18.9. The monoisotopic (exact) mass is 592 g/mol. The molecule has 232 valence electrons. The first-order valence-electron chi connectivity index (χ1n) is 15.6. The van der Waals surface area contributed by atoms with E-state index in [1.807, 2.05) is 24.3 Å². The molecule has 1 aromatic carbocycles. The fourth-order valence-corrected chi connectivity index (χ4v) is 7.90. The maximum atomic E-state index is 14.6. The van der Waals surface area contributed by atoms with Crippen LogP contribution in [0.4, 0.5) is 0 Å². The van der Waals surface area contributed by atoms with E-state index in [1.54, 1.807) is 12.0 Å². The van der Waals surface area contributed by atoms with Gasteiger partial charge in [-0.15, -0.1) is 0 Å². The molecule has 6 rings (SSSR count). The van der Waals surface area contributed by atoms with Gasteiger partial charge in [0.1, 0.15) is 5.75 Å². The van der Waals surface area contributed by atoms with Gasteiger partial charge in [-0.1, -0.05) is 24.8 Å². The highest BCUT2D eigenvalue weighted by atomic mass is 16.5. The number of likely N-dealkylation sites (tertiary alicyclic amines) is 1. The van der Waals surface area contributed by atoms with Crippen LogP contribution in [0.15, 0.2) is 36.9 Å². The number of methoxy groups -OCH3 is 1. The number of likely N-dealkylation sites (N-methyl/N-ethyl adjacent to an activating group) is 1. The molecule has 1 aromatic rings. The molecule has 2 N–H and O–H groups in total. The van der Waals surface area contributed by atoms with Crippen molar-refractivity contribution in [1.82, 2.24) is 25.3 Å². The first-order chi connectivity index (χ1) is 20.9. The van der Waals surface area contributed by atoms with Crippen molar-refractivity contribution in [2.24, 2.45) is 5.92 Å². The molecule has 3 saturated heterocycles. The lowest BCUT2D eigenvalue weighted by Gasteiger charge is -2.55. The van der Waals surface area contributed by atoms with Crippen molar-refractivity contribution in [1.29, 1.82) is 5.26 Å². The molecule has 0 bridgehead atoms. The number of amides is 1. The van der Waals surface area contributed by atoms with Crippen LogP contribution >= 0.6 is 0 Å². The lowest BCUT2D eigenvalue weighted by Crippen LogP contribution is -2.76. The number of ketones is 1. The topological polar surface area (TPSA) is 119 Å². The summed E-state index contributed by atoms with van der Waals surface area (Å²) in [5.41, 5.74) is -0.0150. The minimum absolute atomic E-state index is 0.0347. The number of para-hydroxylation sites is 1. The Morgan fingerprint density at radius 2 is 2.07 bits per heavy atom. The number of ether oxygens (including phenoxy) is 3. The smallest absolute Gasteiger partial charge is 0.246 e. The second-order valence-corrected chi connectivity index (χ2v) is 12.6. The number of Topliss-reactive ketones (excluding diaryl/α,β-unsaturated/α-hetero) is 1. The number of carbonyl (C=O) groups is 2.